The Morgan fingerprint density at radius 3 is 2.50 bits per heavy atom. The monoisotopic (exact) mass is 586 g/mol. The molecule has 0 atom stereocenters. The van der Waals surface area contributed by atoms with Crippen LogP contribution in [0, 0.1) is 13.8 Å². The summed E-state index contributed by atoms with van der Waals surface area (Å²) in [4.78, 5) is 43.9. The number of piperazine rings is 1. The van der Waals surface area contributed by atoms with E-state index in [1.54, 1.807) is 11.3 Å². The van der Waals surface area contributed by atoms with Gasteiger partial charge in [0.2, 0.25) is 0 Å². The third-order valence-corrected chi connectivity index (χ3v) is 9.51. The minimum atomic E-state index is -0.217. The van der Waals surface area contributed by atoms with Crippen LogP contribution in [0.15, 0.2) is 35.3 Å². The molecule has 1 aliphatic rings. The molecule has 2 N–H and O–H groups in total. The van der Waals surface area contributed by atoms with Crippen LogP contribution >= 0.6 is 11.3 Å². The number of aromatic amines is 1. The van der Waals surface area contributed by atoms with E-state index in [-0.39, 0.29) is 23.4 Å². The van der Waals surface area contributed by atoms with Gasteiger partial charge in [0.25, 0.3) is 11.5 Å². The summed E-state index contributed by atoms with van der Waals surface area (Å²) in [6.07, 6.45) is 3.62. The lowest BCUT2D eigenvalue weighted by molar-refractivity contribution is 0.0950. The van der Waals surface area contributed by atoms with E-state index in [9.17, 15) is 9.59 Å². The molecule has 4 aromatic rings. The first-order chi connectivity index (χ1) is 20.0. The van der Waals surface area contributed by atoms with Gasteiger partial charge in [-0.25, -0.2) is 9.97 Å². The number of H-pyrrole nitrogens is 1. The molecule has 0 radical (unpaired) electrons. The number of rotatable bonds is 7. The molecule has 1 aliphatic heterocycles. The fourth-order valence-electron chi connectivity index (χ4n) is 5.48. The Morgan fingerprint density at radius 2 is 1.86 bits per heavy atom. The molecule has 1 saturated heterocycles. The lowest BCUT2D eigenvalue weighted by atomic mass is 9.97. The van der Waals surface area contributed by atoms with Crippen molar-refractivity contribution in [3.05, 3.63) is 73.8 Å². The SMILES string of the molecule is CCCc1cc(C)[nH]c(=O)c1CNC(=O)c1cc(-c2ccc(N3CCN(C)CC3)nc2)c2sc(C(C)(C)C)nc2c1C. The zero-order valence-electron chi connectivity index (χ0n) is 25.9. The van der Waals surface area contributed by atoms with Gasteiger partial charge in [-0.05, 0) is 62.7 Å². The fourth-order valence-corrected chi connectivity index (χ4v) is 6.70. The van der Waals surface area contributed by atoms with Gasteiger partial charge in [-0.3, -0.25) is 9.59 Å². The van der Waals surface area contributed by atoms with Gasteiger partial charge in [-0.1, -0.05) is 34.1 Å². The molecule has 1 amide bonds. The van der Waals surface area contributed by atoms with Gasteiger partial charge in [0, 0.05) is 72.3 Å². The molecule has 5 rings (SSSR count). The van der Waals surface area contributed by atoms with E-state index >= 15 is 0 Å². The summed E-state index contributed by atoms with van der Waals surface area (Å²) in [6, 6.07) is 8.16. The molecule has 9 heteroatoms. The number of benzene rings is 1. The van der Waals surface area contributed by atoms with Crippen LogP contribution in [0.4, 0.5) is 5.82 Å². The number of nitrogens with one attached hydrogen (secondary N) is 2. The summed E-state index contributed by atoms with van der Waals surface area (Å²) in [5.74, 6) is 0.754. The number of carbonyl (C=O) groups is 1. The number of pyridine rings is 2. The second-order valence-electron chi connectivity index (χ2n) is 12.5. The molecule has 0 aliphatic carbocycles. The third kappa shape index (κ3) is 6.13. The highest BCUT2D eigenvalue weighted by Gasteiger charge is 2.25. The molecule has 0 unspecified atom stereocenters. The lowest BCUT2D eigenvalue weighted by Crippen LogP contribution is -2.44. The number of aryl methyl sites for hydroxylation is 3. The van der Waals surface area contributed by atoms with Crippen LogP contribution in [0.3, 0.4) is 0 Å². The van der Waals surface area contributed by atoms with Gasteiger partial charge >= 0.3 is 0 Å². The second kappa shape index (κ2) is 12.0. The van der Waals surface area contributed by atoms with Gasteiger partial charge in [0.1, 0.15) is 5.82 Å². The van der Waals surface area contributed by atoms with Crippen molar-refractivity contribution in [2.45, 2.75) is 66.3 Å². The van der Waals surface area contributed by atoms with Gasteiger partial charge in [-0.2, -0.15) is 0 Å². The minimum absolute atomic E-state index is 0.124. The van der Waals surface area contributed by atoms with E-state index in [1.165, 1.54) is 0 Å². The van der Waals surface area contributed by atoms with Crippen LogP contribution in [-0.4, -0.2) is 59.0 Å². The molecular formula is C33H42N6O2S. The standard InChI is InChI=1S/C33H42N6O2S/c1-8-9-22-16-20(2)36-31(41)26(22)19-35-30(40)24-17-25(29-28(21(24)3)37-32(42-29)33(4,5)6)23-10-11-27(34-18-23)39-14-12-38(7)13-15-39/h10-11,16-18H,8-9,12-15,19H2,1-7H3,(H,35,40)(H,36,41). The normalized spacial score (nSPS) is 14.5. The van der Waals surface area contributed by atoms with E-state index in [0.717, 1.165) is 88.0 Å². The molecular weight excluding hydrogens is 544 g/mol. The highest BCUT2D eigenvalue weighted by molar-refractivity contribution is 7.19. The first-order valence-corrected chi connectivity index (χ1v) is 15.6. The molecule has 4 heterocycles. The van der Waals surface area contributed by atoms with Gasteiger partial charge < -0.3 is 20.1 Å². The Labute approximate surface area is 252 Å². The van der Waals surface area contributed by atoms with Gasteiger partial charge in [0.05, 0.1) is 15.2 Å². The molecule has 0 bridgehead atoms. The predicted molar refractivity (Wildman–Crippen MR) is 173 cm³/mol. The zero-order chi connectivity index (χ0) is 30.2. The number of hydrogen-bond acceptors (Lipinski definition) is 7. The zero-order valence-corrected chi connectivity index (χ0v) is 26.7. The number of likely N-dealkylation sites (N-methyl/N-ethyl adjacent to an activating group) is 1. The first-order valence-electron chi connectivity index (χ1n) is 14.8. The molecule has 3 aromatic heterocycles. The van der Waals surface area contributed by atoms with E-state index in [2.05, 4.69) is 67.0 Å². The van der Waals surface area contributed by atoms with Crippen LogP contribution in [0.5, 0.6) is 0 Å². The third-order valence-electron chi connectivity index (χ3n) is 8.00. The Hall–Kier alpha value is -3.56. The molecule has 0 saturated carbocycles. The van der Waals surface area contributed by atoms with E-state index in [4.69, 9.17) is 9.97 Å². The van der Waals surface area contributed by atoms with E-state index in [1.807, 2.05) is 32.2 Å². The van der Waals surface area contributed by atoms with Gasteiger partial charge in [0.15, 0.2) is 0 Å². The Balaban J connectivity index is 1.52. The van der Waals surface area contributed by atoms with Crippen molar-refractivity contribution in [3.63, 3.8) is 0 Å². The summed E-state index contributed by atoms with van der Waals surface area (Å²) >= 11 is 1.68. The van der Waals surface area contributed by atoms with Crippen LogP contribution in [0.25, 0.3) is 21.3 Å². The average molecular weight is 587 g/mol. The first kappa shape index (κ1) is 29.9. The number of fused-ring (bicyclic) bond motifs is 1. The minimum Gasteiger partial charge on any atom is -0.354 e. The summed E-state index contributed by atoms with van der Waals surface area (Å²) in [5, 5.41) is 4.07. The van der Waals surface area contributed by atoms with Crippen LogP contribution < -0.4 is 15.8 Å². The predicted octanol–water partition coefficient (Wildman–Crippen LogP) is 5.60. The molecule has 1 fully saturated rings. The summed E-state index contributed by atoms with van der Waals surface area (Å²) in [7, 11) is 2.15. The second-order valence-corrected chi connectivity index (χ2v) is 13.5. The smallest absolute Gasteiger partial charge is 0.253 e. The van der Waals surface area contributed by atoms with Crippen molar-refractivity contribution >= 4 is 33.3 Å². The highest BCUT2D eigenvalue weighted by atomic mass is 32.1. The van der Waals surface area contributed by atoms with Crippen LogP contribution in [0.1, 0.15) is 71.9 Å². The highest BCUT2D eigenvalue weighted by Crippen LogP contribution is 2.40. The number of hydrogen-bond donors (Lipinski definition) is 2. The van der Waals surface area contributed by atoms with Gasteiger partial charge in [-0.15, -0.1) is 11.3 Å². The number of amides is 1. The van der Waals surface area contributed by atoms with Crippen molar-refractivity contribution in [2.75, 3.05) is 38.1 Å². The topological polar surface area (TPSA) is 94.2 Å². The Morgan fingerprint density at radius 1 is 1.12 bits per heavy atom. The number of carbonyl (C=O) groups excluding carboxylic acids is 1. The van der Waals surface area contributed by atoms with Crippen molar-refractivity contribution in [2.24, 2.45) is 0 Å². The van der Waals surface area contributed by atoms with E-state index in [0.29, 0.717) is 11.1 Å². The fraction of sp³-hybridized carbons (Fsp3) is 0.455. The van der Waals surface area contributed by atoms with Crippen molar-refractivity contribution in [1.29, 1.82) is 0 Å². The largest absolute Gasteiger partial charge is 0.354 e. The average Bonchev–Trinajstić information content (AvgIpc) is 3.41. The number of nitrogens with zero attached hydrogens (tertiary/aromatic N) is 4. The maximum absolute atomic E-state index is 13.7. The van der Waals surface area contributed by atoms with Crippen LogP contribution in [-0.2, 0) is 18.4 Å². The molecule has 1 aromatic carbocycles. The summed E-state index contributed by atoms with van der Waals surface area (Å²) in [5.41, 5.74) is 6.30. The quantitative estimate of drug-likeness (QED) is 0.293. The number of aromatic nitrogens is 3. The molecule has 0 spiro atoms. The maximum Gasteiger partial charge on any atom is 0.253 e. The van der Waals surface area contributed by atoms with Crippen LogP contribution in [0.2, 0.25) is 0 Å². The molecule has 222 valence electrons. The number of anilines is 1. The Kier molecular flexibility index (Phi) is 8.53. The van der Waals surface area contributed by atoms with Crippen molar-refractivity contribution in [1.82, 2.24) is 25.2 Å². The Bertz CT molecular complexity index is 1660. The number of thiazole rings is 1. The van der Waals surface area contributed by atoms with Crippen molar-refractivity contribution in [3.8, 4) is 11.1 Å². The lowest BCUT2D eigenvalue weighted by Gasteiger charge is -2.33. The summed E-state index contributed by atoms with van der Waals surface area (Å²) in [6.45, 7) is 16.5. The maximum atomic E-state index is 13.7. The van der Waals surface area contributed by atoms with Crippen molar-refractivity contribution < 1.29 is 4.79 Å². The molecule has 8 nitrogen and oxygen atoms in total. The van der Waals surface area contributed by atoms with E-state index < -0.39 is 0 Å². The summed E-state index contributed by atoms with van der Waals surface area (Å²) < 4.78 is 1.06. The molecule has 42 heavy (non-hydrogen) atoms.